The van der Waals surface area contributed by atoms with Crippen LogP contribution in [0.15, 0.2) is 23.4 Å². The molecule has 1 fully saturated rings. The van der Waals surface area contributed by atoms with Gasteiger partial charge in [0, 0.05) is 24.0 Å². The second-order valence-corrected chi connectivity index (χ2v) is 6.32. The van der Waals surface area contributed by atoms with Crippen LogP contribution < -0.4 is 5.32 Å². The molecule has 2 N–H and O–H groups in total. The summed E-state index contributed by atoms with van der Waals surface area (Å²) in [5, 5.41) is 11.2. The van der Waals surface area contributed by atoms with Crippen molar-refractivity contribution in [1.29, 1.82) is 0 Å². The topological polar surface area (TPSA) is 79.3 Å². The summed E-state index contributed by atoms with van der Waals surface area (Å²) in [6.45, 7) is 0. The minimum Gasteiger partial charge on any atom is -0.481 e. The Morgan fingerprint density at radius 2 is 1.91 bits per heavy atom. The summed E-state index contributed by atoms with van der Waals surface area (Å²) in [6, 6.07) is 2.46. The molecule has 1 aliphatic rings. The van der Waals surface area contributed by atoms with Gasteiger partial charge in [0.15, 0.2) is 0 Å². The lowest BCUT2D eigenvalue weighted by molar-refractivity contribution is -0.142. The van der Waals surface area contributed by atoms with Gasteiger partial charge in [0.05, 0.1) is 11.5 Å². The van der Waals surface area contributed by atoms with Gasteiger partial charge in [-0.3, -0.25) is 9.59 Å². The first-order valence-corrected chi connectivity index (χ1v) is 7.82. The number of hydrogen-bond acceptors (Lipinski definition) is 4. The highest BCUT2D eigenvalue weighted by Crippen LogP contribution is 2.37. The van der Waals surface area contributed by atoms with E-state index in [1.54, 1.807) is 0 Å². The van der Waals surface area contributed by atoms with Crippen molar-refractivity contribution in [3.8, 4) is 0 Å². The fraction of sp³-hybridized carbons (Fsp3) is 0.500. The van der Waals surface area contributed by atoms with Gasteiger partial charge in [-0.1, -0.05) is 0 Å². The van der Waals surface area contributed by atoms with Crippen molar-refractivity contribution in [2.75, 3.05) is 0 Å². The Morgan fingerprint density at radius 1 is 1.26 bits per heavy atom. The average Bonchev–Trinajstić information content (AvgIpc) is 2.46. The smallest absolute Gasteiger partial charge is 0.447 e. The zero-order chi connectivity index (χ0) is 17.0. The number of pyridine rings is 1. The van der Waals surface area contributed by atoms with Crippen molar-refractivity contribution in [3.63, 3.8) is 0 Å². The SMILES string of the molecule is O=C(NC1CCC(C(=O)O)CC1)c1cccnc1SC(F)(F)F. The lowest BCUT2D eigenvalue weighted by atomic mass is 9.86. The molecule has 0 atom stereocenters. The third kappa shape index (κ3) is 5.12. The summed E-state index contributed by atoms with van der Waals surface area (Å²) in [5.74, 6) is -1.90. The quantitative estimate of drug-likeness (QED) is 0.818. The van der Waals surface area contributed by atoms with Gasteiger partial charge in [0.2, 0.25) is 0 Å². The molecule has 23 heavy (non-hydrogen) atoms. The molecule has 0 aliphatic heterocycles. The van der Waals surface area contributed by atoms with E-state index >= 15 is 0 Å². The summed E-state index contributed by atoms with van der Waals surface area (Å²) in [5.41, 5.74) is -4.65. The maximum absolute atomic E-state index is 12.5. The Morgan fingerprint density at radius 3 is 2.48 bits per heavy atom. The second kappa shape index (κ2) is 7.20. The molecule has 2 rings (SSSR count). The number of halogens is 3. The van der Waals surface area contributed by atoms with Crippen LogP contribution >= 0.6 is 11.8 Å². The molecule has 1 saturated carbocycles. The van der Waals surface area contributed by atoms with Crippen LogP contribution in [0.5, 0.6) is 0 Å². The van der Waals surface area contributed by atoms with Crippen molar-refractivity contribution in [2.45, 2.75) is 42.3 Å². The van der Waals surface area contributed by atoms with Crippen molar-refractivity contribution >= 4 is 23.6 Å². The second-order valence-electron chi connectivity index (χ2n) is 5.26. The van der Waals surface area contributed by atoms with E-state index in [4.69, 9.17) is 5.11 Å². The highest BCUT2D eigenvalue weighted by molar-refractivity contribution is 8.00. The van der Waals surface area contributed by atoms with E-state index in [2.05, 4.69) is 10.3 Å². The number of amides is 1. The fourth-order valence-electron chi connectivity index (χ4n) is 2.50. The first-order valence-electron chi connectivity index (χ1n) is 7.00. The van der Waals surface area contributed by atoms with Crippen LogP contribution in [0.3, 0.4) is 0 Å². The van der Waals surface area contributed by atoms with E-state index in [0.717, 1.165) is 0 Å². The zero-order valence-corrected chi connectivity index (χ0v) is 12.8. The summed E-state index contributed by atoms with van der Waals surface area (Å²) in [7, 11) is 0. The van der Waals surface area contributed by atoms with Crippen molar-refractivity contribution < 1.29 is 27.9 Å². The molecule has 9 heteroatoms. The van der Waals surface area contributed by atoms with E-state index < -0.39 is 40.1 Å². The number of carboxylic acids is 1. The molecule has 0 radical (unpaired) electrons. The largest absolute Gasteiger partial charge is 0.481 e. The molecule has 1 aliphatic carbocycles. The first-order chi connectivity index (χ1) is 10.8. The van der Waals surface area contributed by atoms with E-state index in [9.17, 15) is 22.8 Å². The third-order valence-electron chi connectivity index (χ3n) is 3.64. The molecular weight excluding hydrogens is 333 g/mol. The van der Waals surface area contributed by atoms with E-state index in [0.29, 0.717) is 25.7 Å². The Kier molecular flexibility index (Phi) is 5.51. The molecule has 1 heterocycles. The number of carbonyl (C=O) groups is 2. The molecule has 0 spiro atoms. The molecular formula is C14H15F3N2O3S. The zero-order valence-electron chi connectivity index (χ0n) is 12.0. The van der Waals surface area contributed by atoms with Gasteiger partial charge in [-0.15, -0.1) is 0 Å². The van der Waals surface area contributed by atoms with Crippen LogP contribution in [0.1, 0.15) is 36.0 Å². The Balaban J connectivity index is 2.00. The van der Waals surface area contributed by atoms with Crippen molar-refractivity contribution in [3.05, 3.63) is 23.9 Å². The number of nitrogens with zero attached hydrogens (tertiary/aromatic N) is 1. The molecule has 1 amide bonds. The minimum atomic E-state index is -4.52. The average molecular weight is 348 g/mol. The Labute approximate surface area is 134 Å². The van der Waals surface area contributed by atoms with Crippen molar-refractivity contribution in [2.24, 2.45) is 5.92 Å². The molecule has 0 aromatic carbocycles. The fourth-order valence-corrected chi connectivity index (χ4v) is 3.11. The molecule has 1 aromatic rings. The lowest BCUT2D eigenvalue weighted by Crippen LogP contribution is -2.39. The normalized spacial score (nSPS) is 21.7. The molecule has 0 saturated heterocycles. The number of carbonyl (C=O) groups excluding carboxylic acids is 1. The van der Waals surface area contributed by atoms with Gasteiger partial charge in [-0.25, -0.2) is 4.98 Å². The number of aliphatic carboxylic acids is 1. The van der Waals surface area contributed by atoms with Gasteiger partial charge in [0.1, 0.15) is 5.03 Å². The van der Waals surface area contributed by atoms with Crippen LogP contribution in [0, 0.1) is 5.92 Å². The van der Waals surface area contributed by atoms with Crippen LogP contribution in [-0.2, 0) is 4.79 Å². The van der Waals surface area contributed by atoms with Gasteiger partial charge in [-0.2, -0.15) is 13.2 Å². The predicted octanol–water partition coefficient (Wildman–Crippen LogP) is 3.07. The summed E-state index contributed by atoms with van der Waals surface area (Å²) >= 11 is -0.428. The maximum atomic E-state index is 12.5. The summed E-state index contributed by atoms with van der Waals surface area (Å²) in [4.78, 5) is 26.7. The third-order valence-corrected chi connectivity index (χ3v) is 4.39. The number of alkyl halides is 3. The number of carboxylic acid groups (broad SMARTS) is 1. The molecule has 0 unspecified atom stereocenters. The van der Waals surface area contributed by atoms with E-state index in [1.165, 1.54) is 18.3 Å². The van der Waals surface area contributed by atoms with Crippen LogP contribution in [0.4, 0.5) is 13.2 Å². The minimum absolute atomic E-state index is 0.129. The number of hydrogen-bond donors (Lipinski definition) is 2. The number of aromatic nitrogens is 1. The number of nitrogens with one attached hydrogen (secondary N) is 1. The van der Waals surface area contributed by atoms with Gasteiger partial charge in [-0.05, 0) is 37.8 Å². The first kappa shape index (κ1) is 17.6. The summed E-state index contributed by atoms with van der Waals surface area (Å²) in [6.07, 6.45) is 3.06. The molecule has 5 nitrogen and oxygen atoms in total. The highest BCUT2D eigenvalue weighted by Gasteiger charge is 2.33. The number of thioether (sulfide) groups is 1. The molecule has 0 bridgehead atoms. The Bertz CT molecular complexity index is 587. The Hall–Kier alpha value is -1.77. The van der Waals surface area contributed by atoms with Gasteiger partial charge in [0.25, 0.3) is 5.91 Å². The lowest BCUT2D eigenvalue weighted by Gasteiger charge is -2.27. The van der Waals surface area contributed by atoms with Crippen LogP contribution in [-0.4, -0.2) is 33.5 Å². The maximum Gasteiger partial charge on any atom is 0.447 e. The monoisotopic (exact) mass is 348 g/mol. The highest BCUT2D eigenvalue weighted by atomic mass is 32.2. The standard InChI is InChI=1S/C14H15F3N2O3S/c15-14(16,17)23-12-10(2-1-7-18-12)11(20)19-9-5-3-8(4-6-9)13(21)22/h1-2,7-9H,3-6H2,(H,19,20)(H,21,22). The molecule has 126 valence electrons. The van der Waals surface area contributed by atoms with Crippen LogP contribution in [0.2, 0.25) is 0 Å². The van der Waals surface area contributed by atoms with Crippen LogP contribution in [0.25, 0.3) is 0 Å². The number of rotatable bonds is 4. The van der Waals surface area contributed by atoms with E-state index in [1.807, 2.05) is 0 Å². The predicted molar refractivity (Wildman–Crippen MR) is 77.0 cm³/mol. The van der Waals surface area contributed by atoms with Gasteiger partial charge < -0.3 is 10.4 Å². The van der Waals surface area contributed by atoms with Crippen molar-refractivity contribution in [1.82, 2.24) is 10.3 Å². The molecule has 1 aromatic heterocycles. The van der Waals surface area contributed by atoms with Gasteiger partial charge >= 0.3 is 11.5 Å². The van der Waals surface area contributed by atoms with E-state index in [-0.39, 0.29) is 11.6 Å². The summed E-state index contributed by atoms with van der Waals surface area (Å²) < 4.78 is 37.5.